The molecule has 0 unspecified atom stereocenters. The molecule has 4 aliphatic rings. The van der Waals surface area contributed by atoms with Crippen molar-refractivity contribution in [1.29, 1.82) is 0 Å². The van der Waals surface area contributed by atoms with E-state index in [0.29, 0.717) is 17.5 Å². The summed E-state index contributed by atoms with van der Waals surface area (Å²) in [6, 6.07) is 128. The molecule has 0 saturated heterocycles. The number of para-hydroxylation sites is 3. The number of fused-ring (bicyclic) bond motifs is 34. The van der Waals surface area contributed by atoms with Crippen LogP contribution in [0.25, 0.3) is 186 Å². The van der Waals surface area contributed by atoms with Gasteiger partial charge in [0.15, 0.2) is 5.58 Å². The van der Waals surface area contributed by atoms with E-state index in [9.17, 15) is 0 Å². The Morgan fingerprint density at radius 3 is 1.08 bits per heavy atom. The quantitative estimate of drug-likeness (QED) is 0.176. The predicted molar refractivity (Wildman–Crippen MR) is 451 cm³/mol. The minimum Gasteiger partial charge on any atom is -0.452 e. The zero-order valence-corrected chi connectivity index (χ0v) is 59.8. The SMILES string of the molecule is c1ccc2c(c1)-c1ccccc1C21c2ccccc2-c2ccc(-c3nc(-n4c5ccccc5c5cc6ccccc6cc54)nc4c3oc3ccccc34)cc21.c1ccc2c(c1)-c1ccccc1C21c2ccccc2-c2ccc(-c3nc(-n4c5ccccc5c5cc6ccccc6cc54)nc4c3sc3ccccc34)cc21. The first kappa shape index (κ1) is 60.0. The van der Waals surface area contributed by atoms with Crippen LogP contribution in [0.1, 0.15) is 44.5 Å². The van der Waals surface area contributed by atoms with Gasteiger partial charge in [0.05, 0.1) is 48.8 Å². The molecule has 7 nitrogen and oxygen atoms in total. The highest BCUT2D eigenvalue weighted by molar-refractivity contribution is 7.26. The standard InChI is InChI=1S/C51H29N3O.C51H29N3S/c2*1-2-14-31-29-45-39(27-30(31)13-1)37-18-6-11-23-44(37)54(45)50-52-47(49-48(53-50)38-19-7-12-24-46(38)55-49)32-25-26-36-35-17-5-10-22-42(35)51(43(36)28-32)40-20-8-3-15-33(40)34-16-4-9-21-41(34)51/h2*1-29H. The van der Waals surface area contributed by atoms with Crippen LogP contribution in [0.4, 0.5) is 0 Å². The molecule has 26 rings (SSSR count). The third-order valence-corrected chi connectivity index (χ3v) is 25.6. The number of rotatable bonds is 4. The van der Waals surface area contributed by atoms with E-state index in [2.05, 4.69) is 349 Å². The molecule has 0 radical (unpaired) electrons. The van der Waals surface area contributed by atoms with Crippen LogP contribution in [0.3, 0.4) is 0 Å². The second-order valence-electron chi connectivity index (χ2n) is 29.7. The number of hydrogen-bond donors (Lipinski definition) is 0. The molecule has 0 bridgehead atoms. The molecule has 0 fully saturated rings. The van der Waals surface area contributed by atoms with E-state index in [-0.39, 0.29) is 0 Å². The lowest BCUT2D eigenvalue weighted by Crippen LogP contribution is -2.25. The van der Waals surface area contributed by atoms with Crippen LogP contribution < -0.4 is 0 Å². The lowest BCUT2D eigenvalue weighted by atomic mass is 9.70. The van der Waals surface area contributed by atoms with Crippen molar-refractivity contribution in [3.05, 3.63) is 396 Å². The number of aromatic nitrogens is 6. The second-order valence-corrected chi connectivity index (χ2v) is 30.8. The largest absolute Gasteiger partial charge is 0.452 e. The van der Waals surface area contributed by atoms with E-state index in [0.717, 1.165) is 76.7 Å². The molecule has 0 N–H and O–H groups in total. The molecule has 4 aliphatic carbocycles. The Kier molecular flexibility index (Phi) is 12.1. The first-order valence-electron chi connectivity index (χ1n) is 37.7. The van der Waals surface area contributed by atoms with E-state index < -0.39 is 10.8 Å². The Morgan fingerprint density at radius 2 is 0.609 bits per heavy atom. The molecule has 508 valence electrons. The molecule has 0 atom stereocenters. The monoisotopic (exact) mass is 1410 g/mol. The Morgan fingerprint density at radius 1 is 0.255 bits per heavy atom. The van der Waals surface area contributed by atoms with Crippen LogP contribution in [0.15, 0.2) is 356 Å². The van der Waals surface area contributed by atoms with Crippen LogP contribution >= 0.6 is 11.3 Å². The van der Waals surface area contributed by atoms with E-state index in [1.54, 1.807) is 11.3 Å². The zero-order chi connectivity index (χ0) is 71.7. The highest BCUT2D eigenvalue weighted by atomic mass is 32.1. The van der Waals surface area contributed by atoms with Gasteiger partial charge in [0, 0.05) is 48.1 Å². The fourth-order valence-corrected chi connectivity index (χ4v) is 21.1. The Balaban J connectivity index is 0.000000126. The molecule has 8 heteroatoms. The van der Waals surface area contributed by atoms with Gasteiger partial charge >= 0.3 is 0 Å². The molecule has 0 amide bonds. The van der Waals surface area contributed by atoms with Crippen LogP contribution in [-0.2, 0) is 10.8 Å². The predicted octanol–water partition coefficient (Wildman–Crippen LogP) is 25.7. The number of furan rings is 1. The minimum atomic E-state index is -0.466. The fourth-order valence-electron chi connectivity index (χ4n) is 20.0. The van der Waals surface area contributed by atoms with Gasteiger partial charge < -0.3 is 4.42 Å². The molecule has 6 heterocycles. The highest BCUT2D eigenvalue weighted by Crippen LogP contribution is 2.65. The number of benzene rings is 16. The summed E-state index contributed by atoms with van der Waals surface area (Å²) in [7, 11) is 0. The maximum Gasteiger partial charge on any atom is 0.236 e. The van der Waals surface area contributed by atoms with Gasteiger partial charge in [0.25, 0.3) is 0 Å². The molecular formula is C102H58N6OS. The molecule has 0 aliphatic heterocycles. The first-order chi connectivity index (χ1) is 54.5. The topological polar surface area (TPSA) is 74.6 Å². The summed E-state index contributed by atoms with van der Waals surface area (Å²) < 4.78 is 13.5. The normalized spacial score (nSPS) is 13.6. The lowest BCUT2D eigenvalue weighted by Gasteiger charge is -2.30. The third kappa shape index (κ3) is 7.90. The van der Waals surface area contributed by atoms with Gasteiger partial charge in [0.1, 0.15) is 16.8 Å². The van der Waals surface area contributed by atoms with Gasteiger partial charge in [-0.1, -0.05) is 285 Å². The average Bonchev–Trinajstić information content (AvgIpc) is 1.51. The summed E-state index contributed by atoms with van der Waals surface area (Å²) >= 11 is 1.79. The Hall–Kier alpha value is -14.2. The van der Waals surface area contributed by atoms with Crippen molar-refractivity contribution in [3.63, 3.8) is 0 Å². The minimum absolute atomic E-state index is 0.432. The van der Waals surface area contributed by atoms with Crippen molar-refractivity contribution in [2.24, 2.45) is 0 Å². The van der Waals surface area contributed by atoms with Crippen LogP contribution in [0.2, 0.25) is 0 Å². The molecule has 6 aromatic heterocycles. The van der Waals surface area contributed by atoms with Crippen molar-refractivity contribution in [3.8, 4) is 78.9 Å². The summed E-state index contributed by atoms with van der Waals surface area (Å²) in [6.07, 6.45) is 0. The van der Waals surface area contributed by atoms with Gasteiger partial charge in [-0.15, -0.1) is 11.3 Å². The molecule has 0 saturated carbocycles. The van der Waals surface area contributed by atoms with Crippen LogP contribution in [0.5, 0.6) is 0 Å². The van der Waals surface area contributed by atoms with Gasteiger partial charge in [-0.2, -0.15) is 0 Å². The van der Waals surface area contributed by atoms with Gasteiger partial charge in [-0.25, -0.2) is 19.9 Å². The Labute approximate surface area is 634 Å². The second kappa shape index (κ2) is 22.2. The van der Waals surface area contributed by atoms with Gasteiger partial charge in [-0.3, -0.25) is 9.13 Å². The lowest BCUT2D eigenvalue weighted by molar-refractivity contribution is 0.666. The summed E-state index contributed by atoms with van der Waals surface area (Å²) in [5.74, 6) is 1.30. The molecular weight excluding hydrogens is 1360 g/mol. The Bertz CT molecular complexity index is 7250. The zero-order valence-electron chi connectivity index (χ0n) is 59.0. The van der Waals surface area contributed by atoms with E-state index in [1.807, 2.05) is 12.1 Å². The van der Waals surface area contributed by atoms with Gasteiger partial charge in [0.2, 0.25) is 11.9 Å². The number of thiophene rings is 1. The van der Waals surface area contributed by atoms with Crippen LogP contribution in [0, 0.1) is 0 Å². The van der Waals surface area contributed by atoms with Gasteiger partial charge in [-0.05, 0) is 177 Å². The van der Waals surface area contributed by atoms with Crippen LogP contribution in [-0.4, -0.2) is 29.1 Å². The maximum atomic E-state index is 6.72. The van der Waals surface area contributed by atoms with Crippen molar-refractivity contribution in [2.75, 3.05) is 0 Å². The van der Waals surface area contributed by atoms with Crippen molar-refractivity contribution in [1.82, 2.24) is 29.1 Å². The van der Waals surface area contributed by atoms with Crippen molar-refractivity contribution >= 4 is 119 Å². The first-order valence-corrected chi connectivity index (χ1v) is 38.5. The summed E-state index contributed by atoms with van der Waals surface area (Å²) in [5.41, 5.74) is 31.3. The molecule has 22 aromatic rings. The molecule has 2 spiro atoms. The average molecular weight is 1420 g/mol. The van der Waals surface area contributed by atoms with E-state index in [1.165, 1.54) is 137 Å². The molecule has 16 aromatic carbocycles. The smallest absolute Gasteiger partial charge is 0.236 e. The van der Waals surface area contributed by atoms with Crippen molar-refractivity contribution in [2.45, 2.75) is 10.8 Å². The summed E-state index contributed by atoms with van der Waals surface area (Å²) in [4.78, 5) is 22.0. The van der Waals surface area contributed by atoms with E-state index >= 15 is 0 Å². The maximum absolute atomic E-state index is 6.72. The highest BCUT2D eigenvalue weighted by Gasteiger charge is 2.53. The summed E-state index contributed by atoms with van der Waals surface area (Å²) in [6.45, 7) is 0. The number of nitrogens with zero attached hydrogens (tertiary/aromatic N) is 6. The number of hydrogen-bond acceptors (Lipinski definition) is 6. The molecule has 110 heavy (non-hydrogen) atoms. The van der Waals surface area contributed by atoms with E-state index in [4.69, 9.17) is 24.4 Å². The fraction of sp³-hybridized carbons (Fsp3) is 0.0196. The summed E-state index contributed by atoms with van der Waals surface area (Å²) in [5, 5.41) is 11.7. The third-order valence-electron chi connectivity index (χ3n) is 24.4. The van der Waals surface area contributed by atoms with Crippen molar-refractivity contribution < 1.29 is 4.42 Å².